The molecule has 0 saturated heterocycles. The average molecular weight is 298 g/mol. The molecular weight excluding hydrogens is 280 g/mol. The number of aryl methyl sites for hydroxylation is 1. The summed E-state index contributed by atoms with van der Waals surface area (Å²) in [7, 11) is 0. The molecular formula is C16H18N4O2. The maximum atomic E-state index is 12.4. The number of aromatic nitrogens is 2. The Morgan fingerprint density at radius 2 is 1.91 bits per heavy atom. The normalized spacial score (nSPS) is 10.3. The van der Waals surface area contributed by atoms with E-state index in [-0.39, 0.29) is 12.5 Å². The van der Waals surface area contributed by atoms with Gasteiger partial charge in [-0.05, 0) is 13.8 Å². The predicted molar refractivity (Wildman–Crippen MR) is 83.0 cm³/mol. The smallest absolute Gasteiger partial charge is 0.257 e. The lowest BCUT2D eigenvalue weighted by Crippen LogP contribution is -2.38. The van der Waals surface area contributed by atoms with Crippen LogP contribution in [0.15, 0.2) is 36.5 Å². The van der Waals surface area contributed by atoms with Crippen molar-refractivity contribution in [3.8, 4) is 11.4 Å². The van der Waals surface area contributed by atoms with Gasteiger partial charge >= 0.3 is 0 Å². The molecule has 6 nitrogen and oxygen atoms in total. The summed E-state index contributed by atoms with van der Waals surface area (Å²) in [6.45, 7) is 3.81. The van der Waals surface area contributed by atoms with Crippen LogP contribution in [0.3, 0.4) is 0 Å². The van der Waals surface area contributed by atoms with Crippen LogP contribution in [0, 0.1) is 6.92 Å². The molecule has 2 aromatic rings. The second-order valence-corrected chi connectivity index (χ2v) is 4.84. The molecule has 0 aliphatic rings. The quantitative estimate of drug-likeness (QED) is 0.903. The Labute approximate surface area is 129 Å². The first-order chi connectivity index (χ1) is 10.5. The van der Waals surface area contributed by atoms with Crippen LogP contribution < -0.4 is 5.73 Å². The molecule has 0 radical (unpaired) electrons. The van der Waals surface area contributed by atoms with Crippen LogP contribution in [-0.2, 0) is 4.79 Å². The van der Waals surface area contributed by atoms with E-state index in [4.69, 9.17) is 5.73 Å². The highest BCUT2D eigenvalue weighted by molar-refractivity contribution is 5.97. The van der Waals surface area contributed by atoms with Crippen LogP contribution in [0.2, 0.25) is 0 Å². The first-order valence-corrected chi connectivity index (χ1v) is 6.99. The zero-order chi connectivity index (χ0) is 16.1. The molecule has 22 heavy (non-hydrogen) atoms. The number of carbonyl (C=O) groups is 2. The van der Waals surface area contributed by atoms with Gasteiger partial charge in [-0.1, -0.05) is 30.3 Å². The molecule has 6 heteroatoms. The lowest BCUT2D eigenvalue weighted by Gasteiger charge is -2.19. The standard InChI is InChI=1S/C16H18N4O2/c1-3-20(10-14(17)21)16(22)13-9-18-15(19-11(13)2)12-7-5-4-6-8-12/h4-9H,3,10H2,1-2H3,(H2,17,21). The molecule has 0 aliphatic carbocycles. The third-order valence-electron chi connectivity index (χ3n) is 3.26. The van der Waals surface area contributed by atoms with Gasteiger partial charge in [0, 0.05) is 18.3 Å². The number of nitrogens with two attached hydrogens (primary N) is 1. The second-order valence-electron chi connectivity index (χ2n) is 4.84. The second kappa shape index (κ2) is 6.80. The average Bonchev–Trinajstić information content (AvgIpc) is 2.52. The summed E-state index contributed by atoms with van der Waals surface area (Å²) < 4.78 is 0. The number of rotatable bonds is 5. The number of benzene rings is 1. The summed E-state index contributed by atoms with van der Waals surface area (Å²) >= 11 is 0. The van der Waals surface area contributed by atoms with E-state index in [1.807, 2.05) is 30.3 Å². The van der Waals surface area contributed by atoms with Gasteiger partial charge in [0.2, 0.25) is 5.91 Å². The van der Waals surface area contributed by atoms with Crippen molar-refractivity contribution in [1.29, 1.82) is 0 Å². The molecule has 0 aliphatic heterocycles. The minimum atomic E-state index is -0.547. The Bertz CT molecular complexity index is 686. The topological polar surface area (TPSA) is 89.2 Å². The molecule has 2 rings (SSSR count). The van der Waals surface area contributed by atoms with Crippen molar-refractivity contribution in [3.63, 3.8) is 0 Å². The van der Waals surface area contributed by atoms with Crippen LogP contribution in [0.4, 0.5) is 0 Å². The minimum Gasteiger partial charge on any atom is -0.368 e. The van der Waals surface area contributed by atoms with Gasteiger partial charge in [-0.25, -0.2) is 9.97 Å². The third kappa shape index (κ3) is 3.46. The molecule has 0 saturated carbocycles. The molecule has 1 aromatic carbocycles. The first-order valence-electron chi connectivity index (χ1n) is 6.99. The molecule has 0 spiro atoms. The van der Waals surface area contributed by atoms with Gasteiger partial charge in [0.1, 0.15) is 0 Å². The summed E-state index contributed by atoms with van der Waals surface area (Å²) in [5.74, 6) is -0.277. The van der Waals surface area contributed by atoms with E-state index < -0.39 is 5.91 Å². The molecule has 0 atom stereocenters. The molecule has 2 N–H and O–H groups in total. The molecule has 114 valence electrons. The number of hydrogen-bond donors (Lipinski definition) is 1. The Kier molecular flexibility index (Phi) is 4.83. The monoisotopic (exact) mass is 298 g/mol. The predicted octanol–water partition coefficient (Wildman–Crippen LogP) is 1.40. The SMILES string of the molecule is CCN(CC(N)=O)C(=O)c1cnc(-c2ccccc2)nc1C. The van der Waals surface area contributed by atoms with Gasteiger partial charge in [-0.3, -0.25) is 9.59 Å². The number of primary amides is 1. The van der Waals surface area contributed by atoms with Gasteiger partial charge in [-0.2, -0.15) is 0 Å². The maximum absolute atomic E-state index is 12.4. The maximum Gasteiger partial charge on any atom is 0.257 e. The largest absolute Gasteiger partial charge is 0.368 e. The molecule has 1 aromatic heterocycles. The van der Waals surface area contributed by atoms with Crippen molar-refractivity contribution in [2.45, 2.75) is 13.8 Å². The van der Waals surface area contributed by atoms with Crippen LogP contribution in [0.5, 0.6) is 0 Å². The van der Waals surface area contributed by atoms with Crippen LogP contribution in [-0.4, -0.2) is 39.8 Å². The van der Waals surface area contributed by atoms with E-state index in [0.29, 0.717) is 23.6 Å². The highest BCUT2D eigenvalue weighted by Crippen LogP contribution is 2.16. The van der Waals surface area contributed by atoms with Crippen molar-refractivity contribution in [2.24, 2.45) is 5.73 Å². The van der Waals surface area contributed by atoms with E-state index in [1.165, 1.54) is 11.1 Å². The zero-order valence-electron chi connectivity index (χ0n) is 12.6. The van der Waals surface area contributed by atoms with Crippen molar-refractivity contribution >= 4 is 11.8 Å². The van der Waals surface area contributed by atoms with Gasteiger partial charge < -0.3 is 10.6 Å². The van der Waals surface area contributed by atoms with Crippen molar-refractivity contribution in [3.05, 3.63) is 47.8 Å². The zero-order valence-corrected chi connectivity index (χ0v) is 12.6. The van der Waals surface area contributed by atoms with Crippen LogP contribution >= 0.6 is 0 Å². The van der Waals surface area contributed by atoms with Gasteiger partial charge in [0.05, 0.1) is 17.8 Å². The number of carbonyl (C=O) groups excluding carboxylic acids is 2. The molecule has 1 heterocycles. The summed E-state index contributed by atoms with van der Waals surface area (Å²) in [6.07, 6.45) is 1.50. The molecule has 0 fully saturated rings. The third-order valence-corrected chi connectivity index (χ3v) is 3.26. The molecule has 0 unspecified atom stereocenters. The fourth-order valence-electron chi connectivity index (χ4n) is 2.09. The van der Waals surface area contributed by atoms with E-state index in [1.54, 1.807) is 13.8 Å². The van der Waals surface area contributed by atoms with Crippen LogP contribution in [0.1, 0.15) is 23.0 Å². The summed E-state index contributed by atoms with van der Waals surface area (Å²) in [4.78, 5) is 33.5. The van der Waals surface area contributed by atoms with Crippen molar-refractivity contribution < 1.29 is 9.59 Å². The van der Waals surface area contributed by atoms with E-state index in [9.17, 15) is 9.59 Å². The minimum absolute atomic E-state index is 0.116. The number of likely N-dealkylation sites (N-methyl/N-ethyl adjacent to an activating group) is 1. The first kappa shape index (κ1) is 15.6. The number of nitrogens with zero attached hydrogens (tertiary/aromatic N) is 3. The van der Waals surface area contributed by atoms with Gasteiger partial charge in [0.25, 0.3) is 5.91 Å². The fourth-order valence-corrected chi connectivity index (χ4v) is 2.09. The fraction of sp³-hybridized carbons (Fsp3) is 0.250. The molecule has 0 bridgehead atoms. The van der Waals surface area contributed by atoms with Crippen LogP contribution in [0.25, 0.3) is 11.4 Å². The van der Waals surface area contributed by atoms with E-state index in [2.05, 4.69) is 9.97 Å². The lowest BCUT2D eigenvalue weighted by atomic mass is 10.1. The summed E-state index contributed by atoms with van der Waals surface area (Å²) in [6, 6.07) is 9.53. The summed E-state index contributed by atoms with van der Waals surface area (Å²) in [5, 5.41) is 0. The van der Waals surface area contributed by atoms with E-state index in [0.717, 1.165) is 5.56 Å². The Morgan fingerprint density at radius 1 is 1.23 bits per heavy atom. The molecule has 2 amide bonds. The van der Waals surface area contributed by atoms with E-state index >= 15 is 0 Å². The highest BCUT2D eigenvalue weighted by Gasteiger charge is 2.19. The Hall–Kier alpha value is -2.76. The van der Waals surface area contributed by atoms with Crippen molar-refractivity contribution in [2.75, 3.05) is 13.1 Å². The van der Waals surface area contributed by atoms with Crippen molar-refractivity contribution in [1.82, 2.24) is 14.9 Å². The summed E-state index contributed by atoms with van der Waals surface area (Å²) in [5.41, 5.74) is 6.99. The van der Waals surface area contributed by atoms with Gasteiger partial charge in [-0.15, -0.1) is 0 Å². The highest BCUT2D eigenvalue weighted by atomic mass is 16.2. The Morgan fingerprint density at radius 3 is 2.45 bits per heavy atom. The number of hydrogen-bond acceptors (Lipinski definition) is 4. The lowest BCUT2D eigenvalue weighted by molar-refractivity contribution is -0.118. The van der Waals surface area contributed by atoms with Gasteiger partial charge in [0.15, 0.2) is 5.82 Å². The number of amides is 2. The Balaban J connectivity index is 2.30.